The summed E-state index contributed by atoms with van der Waals surface area (Å²) >= 11 is 0. The lowest BCUT2D eigenvalue weighted by Crippen LogP contribution is -2.45. The van der Waals surface area contributed by atoms with Crippen LogP contribution in [0.5, 0.6) is 0 Å². The van der Waals surface area contributed by atoms with Crippen LogP contribution < -0.4 is 0 Å². The number of hydrogen-bond donors (Lipinski definition) is 2. The van der Waals surface area contributed by atoms with Crippen LogP contribution in [0.1, 0.15) is 40.0 Å². The van der Waals surface area contributed by atoms with Gasteiger partial charge in [-0.05, 0) is 37.5 Å². The number of rotatable bonds is 3. The number of likely N-dealkylation sites (tertiary alicyclic amines) is 1. The van der Waals surface area contributed by atoms with Crippen molar-refractivity contribution in [3.8, 4) is 0 Å². The van der Waals surface area contributed by atoms with Crippen LogP contribution in [0.25, 0.3) is 0 Å². The van der Waals surface area contributed by atoms with E-state index in [0.29, 0.717) is 11.8 Å². The van der Waals surface area contributed by atoms with Gasteiger partial charge in [-0.3, -0.25) is 9.59 Å². The topological polar surface area (TPSA) is 77.8 Å². The predicted octanol–water partition coefficient (Wildman–Crippen LogP) is 3.02. The quantitative estimate of drug-likeness (QED) is 0.345. The van der Waals surface area contributed by atoms with Gasteiger partial charge in [0.15, 0.2) is 5.78 Å². The Morgan fingerprint density at radius 3 is 2.63 bits per heavy atom. The van der Waals surface area contributed by atoms with Crippen LogP contribution in [-0.4, -0.2) is 46.5 Å². The molecule has 2 N–H and O–H groups in total. The Hall–Kier alpha value is -1.88. The molecule has 3 aliphatic rings. The van der Waals surface area contributed by atoms with Gasteiger partial charge in [-0.2, -0.15) is 0 Å². The summed E-state index contributed by atoms with van der Waals surface area (Å²) in [5.41, 5.74) is -0.848. The second-order valence-corrected chi connectivity index (χ2v) is 8.61. The molecule has 1 saturated carbocycles. The Balaban J connectivity index is 2.14. The molecule has 0 radical (unpaired) electrons. The fourth-order valence-corrected chi connectivity index (χ4v) is 5.35. The molecule has 0 spiro atoms. The molecule has 1 amide bonds. The summed E-state index contributed by atoms with van der Waals surface area (Å²) in [6.07, 6.45) is 11.5. The Morgan fingerprint density at radius 1 is 1.33 bits per heavy atom. The molecule has 1 aliphatic heterocycles. The van der Waals surface area contributed by atoms with Crippen molar-refractivity contribution in [3.63, 3.8) is 0 Å². The van der Waals surface area contributed by atoms with Crippen LogP contribution in [0.3, 0.4) is 0 Å². The van der Waals surface area contributed by atoms with E-state index in [4.69, 9.17) is 0 Å². The first-order valence-electron chi connectivity index (χ1n) is 9.94. The zero-order valence-electron chi connectivity index (χ0n) is 16.7. The van der Waals surface area contributed by atoms with Crippen molar-refractivity contribution in [1.82, 2.24) is 4.90 Å². The van der Waals surface area contributed by atoms with E-state index in [0.717, 1.165) is 19.3 Å². The Morgan fingerprint density at radius 2 is 2.04 bits per heavy atom. The zero-order chi connectivity index (χ0) is 19.9. The number of fused-ring (bicyclic) bond motifs is 1. The van der Waals surface area contributed by atoms with E-state index in [1.165, 1.54) is 11.9 Å². The van der Waals surface area contributed by atoms with Gasteiger partial charge in [-0.1, -0.05) is 44.6 Å². The molecule has 148 valence electrons. The maximum Gasteiger partial charge on any atom is 0.261 e. The van der Waals surface area contributed by atoms with Crippen LogP contribution in [0.4, 0.5) is 0 Å². The lowest BCUT2D eigenvalue weighted by Gasteiger charge is -2.50. The normalized spacial score (nSPS) is 41.4. The van der Waals surface area contributed by atoms with Crippen LogP contribution in [0.2, 0.25) is 0 Å². The number of aliphatic hydroxyl groups is 2. The third-order valence-corrected chi connectivity index (χ3v) is 7.06. The van der Waals surface area contributed by atoms with Gasteiger partial charge in [0.25, 0.3) is 5.91 Å². The lowest BCUT2D eigenvalue weighted by molar-refractivity contribution is -0.126. The molecule has 0 aromatic carbocycles. The van der Waals surface area contributed by atoms with E-state index in [-0.39, 0.29) is 23.2 Å². The number of ketones is 1. The molecule has 5 heteroatoms. The van der Waals surface area contributed by atoms with Gasteiger partial charge >= 0.3 is 0 Å². The van der Waals surface area contributed by atoms with Crippen LogP contribution in [0.15, 0.2) is 35.6 Å². The highest BCUT2D eigenvalue weighted by Gasteiger charge is 2.53. The highest BCUT2D eigenvalue weighted by atomic mass is 16.3. The van der Waals surface area contributed by atoms with E-state index in [1.54, 1.807) is 0 Å². The number of amides is 1. The average molecular weight is 373 g/mol. The molecule has 0 unspecified atom stereocenters. The van der Waals surface area contributed by atoms with Gasteiger partial charge in [-0.15, -0.1) is 0 Å². The predicted molar refractivity (Wildman–Crippen MR) is 104 cm³/mol. The molecule has 5 nitrogen and oxygen atoms in total. The molecule has 0 aromatic heterocycles. The van der Waals surface area contributed by atoms with E-state index in [1.807, 2.05) is 26.0 Å². The van der Waals surface area contributed by atoms with Crippen molar-refractivity contribution in [2.75, 3.05) is 13.7 Å². The van der Waals surface area contributed by atoms with Crippen molar-refractivity contribution in [2.45, 2.75) is 46.1 Å². The van der Waals surface area contributed by atoms with Crippen molar-refractivity contribution in [1.29, 1.82) is 0 Å². The first kappa shape index (κ1) is 19.9. The Bertz CT molecular complexity index is 722. The number of carbonyl (C=O) groups is 2. The summed E-state index contributed by atoms with van der Waals surface area (Å²) in [7, 11) is 1.50. The highest BCUT2D eigenvalue weighted by molar-refractivity contribution is 6.26. The summed E-state index contributed by atoms with van der Waals surface area (Å²) in [5.74, 6) is -0.00752. The van der Waals surface area contributed by atoms with Gasteiger partial charge in [-0.25, -0.2) is 0 Å². The van der Waals surface area contributed by atoms with Gasteiger partial charge in [0.1, 0.15) is 17.4 Å². The van der Waals surface area contributed by atoms with E-state index in [9.17, 15) is 19.8 Å². The summed E-state index contributed by atoms with van der Waals surface area (Å²) in [6, 6.07) is -0.903. The Kier molecular flexibility index (Phi) is 5.35. The fraction of sp³-hybridized carbons (Fsp3) is 0.636. The van der Waals surface area contributed by atoms with Gasteiger partial charge in [0, 0.05) is 18.4 Å². The van der Waals surface area contributed by atoms with E-state index in [2.05, 4.69) is 19.1 Å². The molecule has 3 rings (SSSR count). The molecule has 0 aromatic rings. The second-order valence-electron chi connectivity index (χ2n) is 8.61. The van der Waals surface area contributed by atoms with Crippen LogP contribution in [-0.2, 0) is 9.59 Å². The standard InChI is InChI=1S/C22H31NO4/c1-5-6-15-9-8-14-11-13(2)7-10-16(14)22(15,3)20(26)18-19(25)17(12-24)23(4)21(18)27/h5-6,8-9,13-17,24,26H,7,10-12H2,1-4H3/b6-5+,20-18+/t13-,14-,15-,16-,17-,22-/m0/s1. The van der Waals surface area contributed by atoms with Crippen molar-refractivity contribution < 1.29 is 19.8 Å². The number of hydrogen-bond acceptors (Lipinski definition) is 4. The maximum absolute atomic E-state index is 12.8. The monoisotopic (exact) mass is 373 g/mol. The minimum Gasteiger partial charge on any atom is -0.511 e. The number of aliphatic hydroxyl groups excluding tert-OH is 2. The van der Waals surface area contributed by atoms with Gasteiger partial charge in [0.2, 0.25) is 0 Å². The SMILES string of the molecule is C/C=C/[C@H]1C=C[C@H]2C[C@@H](C)CC[C@@H]2[C@@]1(C)/C(O)=C1/C(=O)[C@H](CO)N(C)C1=O. The van der Waals surface area contributed by atoms with E-state index >= 15 is 0 Å². The largest absolute Gasteiger partial charge is 0.511 e. The van der Waals surface area contributed by atoms with Crippen LogP contribution >= 0.6 is 0 Å². The molecule has 6 atom stereocenters. The average Bonchev–Trinajstić information content (AvgIpc) is 2.85. The lowest BCUT2D eigenvalue weighted by atomic mass is 9.54. The molecule has 2 aliphatic carbocycles. The summed E-state index contributed by atoms with van der Waals surface area (Å²) in [6.45, 7) is 5.75. The minimum absolute atomic E-state index is 0.0799. The summed E-state index contributed by atoms with van der Waals surface area (Å²) in [4.78, 5) is 26.7. The number of likely N-dealkylation sites (N-methyl/N-ethyl adjacent to an activating group) is 1. The summed E-state index contributed by atoms with van der Waals surface area (Å²) in [5, 5.41) is 20.9. The van der Waals surface area contributed by atoms with Crippen molar-refractivity contribution in [2.24, 2.45) is 29.1 Å². The number of allylic oxidation sites excluding steroid dienone is 5. The van der Waals surface area contributed by atoms with Gasteiger partial charge in [0.05, 0.1) is 6.61 Å². The minimum atomic E-state index is -0.903. The third-order valence-electron chi connectivity index (χ3n) is 7.06. The third kappa shape index (κ3) is 2.96. The second kappa shape index (κ2) is 7.27. The van der Waals surface area contributed by atoms with Crippen molar-refractivity contribution in [3.05, 3.63) is 35.6 Å². The molecule has 1 heterocycles. The zero-order valence-corrected chi connectivity index (χ0v) is 16.7. The highest BCUT2D eigenvalue weighted by Crippen LogP contribution is 2.56. The number of nitrogens with zero attached hydrogens (tertiary/aromatic N) is 1. The number of Topliss-reactive ketones (excluding diaryl/α,β-unsaturated/α-hetero) is 1. The first-order chi connectivity index (χ1) is 12.8. The maximum atomic E-state index is 12.8. The summed E-state index contributed by atoms with van der Waals surface area (Å²) < 4.78 is 0. The molecular formula is C22H31NO4. The molecule has 2 fully saturated rings. The van der Waals surface area contributed by atoms with Crippen LogP contribution in [0, 0.1) is 29.1 Å². The van der Waals surface area contributed by atoms with E-state index < -0.39 is 29.8 Å². The molecule has 27 heavy (non-hydrogen) atoms. The first-order valence-corrected chi connectivity index (χ1v) is 9.94. The molecule has 0 bridgehead atoms. The fourth-order valence-electron chi connectivity index (χ4n) is 5.35. The Labute approximate surface area is 161 Å². The smallest absolute Gasteiger partial charge is 0.261 e. The van der Waals surface area contributed by atoms with Crippen molar-refractivity contribution >= 4 is 11.7 Å². The molecule has 1 saturated heterocycles. The van der Waals surface area contributed by atoms with Gasteiger partial charge < -0.3 is 15.1 Å². The number of carbonyl (C=O) groups excluding carboxylic acids is 2. The molecular weight excluding hydrogens is 342 g/mol.